The minimum Gasteiger partial charge on any atom is -0.264 e. The Bertz CT molecular complexity index is 909. The predicted molar refractivity (Wildman–Crippen MR) is 92.6 cm³/mol. The number of hydrogen-bond acceptors (Lipinski definition) is 3. The lowest BCUT2D eigenvalue weighted by molar-refractivity contribution is 0.438. The average Bonchev–Trinajstić information content (AvgIpc) is 2.46. The molecule has 0 fully saturated rings. The van der Waals surface area contributed by atoms with Crippen molar-refractivity contribution in [3.8, 4) is 0 Å². The van der Waals surface area contributed by atoms with Gasteiger partial charge in [-0.3, -0.25) is 4.18 Å². The van der Waals surface area contributed by atoms with E-state index in [1.807, 2.05) is 0 Å². The molecule has 0 saturated heterocycles. The smallest absolute Gasteiger partial charge is 0.264 e. The highest BCUT2D eigenvalue weighted by molar-refractivity contribution is 7.87. The van der Waals surface area contributed by atoms with E-state index in [1.165, 1.54) is 0 Å². The van der Waals surface area contributed by atoms with Crippen LogP contribution in [-0.2, 0) is 14.3 Å². The van der Waals surface area contributed by atoms with Gasteiger partial charge in [0.15, 0.2) is 0 Å². The van der Waals surface area contributed by atoms with Crippen molar-refractivity contribution in [3.05, 3.63) is 42.3 Å². The van der Waals surface area contributed by atoms with Gasteiger partial charge in [0.05, 0.1) is 42.3 Å². The highest BCUT2D eigenvalue weighted by Crippen LogP contribution is 2.52. The lowest BCUT2D eigenvalue weighted by atomic mass is 10.1. The predicted octanol–water partition coefficient (Wildman–Crippen LogP) is 6.91. The summed E-state index contributed by atoms with van der Waals surface area (Å²) in [6.07, 6.45) is 0. The molecule has 2 aromatic carbocycles. The summed E-state index contributed by atoms with van der Waals surface area (Å²) in [7, 11) is -1.52. The number of benzene rings is 2. The second-order valence-corrected chi connectivity index (χ2v) is 8.05. The maximum atomic E-state index is 11.9. The van der Waals surface area contributed by atoms with Gasteiger partial charge >= 0.3 is 0 Å². The Balaban J connectivity index is 3.23. The average molecular weight is 462 g/mol. The van der Waals surface area contributed by atoms with Gasteiger partial charge in [-0.2, -0.15) is 8.42 Å². The summed E-state index contributed by atoms with van der Waals surface area (Å²) >= 11 is 42.2. The van der Waals surface area contributed by atoms with E-state index < -0.39 is 20.0 Å². The first-order valence-electron chi connectivity index (χ1n) is 5.07. The molecule has 0 aliphatic carbocycles. The van der Waals surface area contributed by atoms with Crippen LogP contribution in [0, 0.1) is 7.11 Å². The third-order valence-corrected chi connectivity index (χ3v) is 7.18. The third kappa shape index (κ3) is 2.77. The molecule has 0 amide bonds. The van der Waals surface area contributed by atoms with Crippen LogP contribution in [0.4, 0.5) is 0 Å². The van der Waals surface area contributed by atoms with Crippen LogP contribution in [0.1, 0.15) is 0 Å². The Morgan fingerprint density at radius 3 is 1.41 bits per heavy atom. The number of rotatable bonds is 2. The highest BCUT2D eigenvalue weighted by atomic mass is 35.5. The van der Waals surface area contributed by atoms with E-state index in [1.54, 1.807) is 0 Å². The number of halogens is 7. The van der Waals surface area contributed by atoms with Gasteiger partial charge in [0.2, 0.25) is 0 Å². The van der Waals surface area contributed by atoms with Gasteiger partial charge in [-0.15, -0.1) is 0 Å². The van der Waals surface area contributed by atoms with Crippen molar-refractivity contribution in [1.29, 1.82) is 0 Å². The first kappa shape index (κ1) is 19.0. The zero-order valence-corrected chi connectivity index (χ0v) is 16.1. The van der Waals surface area contributed by atoms with Crippen LogP contribution in [0.5, 0.6) is 0 Å². The van der Waals surface area contributed by atoms with Crippen LogP contribution in [0.3, 0.4) is 0 Å². The number of hydrogen-bond donors (Lipinski definition) is 0. The molecule has 3 nitrogen and oxygen atoms in total. The summed E-state index contributed by atoms with van der Waals surface area (Å²) in [6, 6.07) is 0. The third-order valence-electron chi connectivity index (χ3n) is 2.70. The molecule has 0 atom stereocenters. The van der Waals surface area contributed by atoms with Crippen LogP contribution in [0.2, 0.25) is 35.2 Å². The van der Waals surface area contributed by atoms with Crippen molar-refractivity contribution in [3.63, 3.8) is 0 Å². The van der Waals surface area contributed by atoms with Gasteiger partial charge in [0.25, 0.3) is 10.1 Å². The van der Waals surface area contributed by atoms with Gasteiger partial charge in [0.1, 0.15) is 4.90 Å². The lowest BCUT2D eigenvalue weighted by Crippen LogP contribution is -2.05. The Morgan fingerprint density at radius 1 is 0.636 bits per heavy atom. The van der Waals surface area contributed by atoms with E-state index in [-0.39, 0.29) is 40.9 Å². The van der Waals surface area contributed by atoms with E-state index in [4.69, 9.17) is 81.2 Å². The molecule has 0 spiro atoms. The Hall–Kier alpha value is 0.640. The van der Waals surface area contributed by atoms with Gasteiger partial charge < -0.3 is 0 Å². The van der Waals surface area contributed by atoms with Gasteiger partial charge in [-0.05, 0) is 0 Å². The summed E-state index contributed by atoms with van der Waals surface area (Å²) in [6.45, 7) is 0. The maximum Gasteiger partial charge on any atom is 0.300 e. The Labute approximate surface area is 161 Å². The second-order valence-electron chi connectivity index (χ2n) is 3.85. The largest absolute Gasteiger partial charge is 0.300 e. The molecule has 0 bridgehead atoms. The van der Waals surface area contributed by atoms with Crippen LogP contribution >= 0.6 is 81.2 Å². The molecule has 119 valence electrons. The number of fused-ring (bicyclic) bond motifs is 1. The molecule has 1 radical (unpaired) electrons. The fourth-order valence-electron chi connectivity index (χ4n) is 1.74. The molecule has 2 rings (SSSR count). The van der Waals surface area contributed by atoms with E-state index >= 15 is 0 Å². The zero-order valence-electron chi connectivity index (χ0n) is 9.99. The summed E-state index contributed by atoms with van der Waals surface area (Å²) in [4.78, 5) is -0.598. The first-order valence-corrected chi connectivity index (χ1v) is 9.12. The molecule has 22 heavy (non-hydrogen) atoms. The molecule has 0 aliphatic rings. The van der Waals surface area contributed by atoms with Crippen molar-refractivity contribution < 1.29 is 12.6 Å². The van der Waals surface area contributed by atoms with Crippen molar-refractivity contribution in [2.45, 2.75) is 4.90 Å². The molecule has 0 aromatic heterocycles. The molecule has 11 heteroatoms. The van der Waals surface area contributed by atoms with Gasteiger partial charge in [-0.25, -0.2) is 0 Å². The van der Waals surface area contributed by atoms with E-state index in [0.717, 1.165) is 0 Å². The van der Waals surface area contributed by atoms with Crippen molar-refractivity contribution >= 4 is 102 Å². The lowest BCUT2D eigenvalue weighted by Gasteiger charge is -2.16. The van der Waals surface area contributed by atoms with Gasteiger partial charge in [0, 0.05) is 10.8 Å². The van der Waals surface area contributed by atoms with Crippen molar-refractivity contribution in [1.82, 2.24) is 0 Å². The monoisotopic (exact) mass is 459 g/mol. The second kappa shape index (κ2) is 6.51. The van der Waals surface area contributed by atoms with Crippen LogP contribution < -0.4 is 0 Å². The van der Waals surface area contributed by atoms with E-state index in [9.17, 15) is 8.42 Å². The van der Waals surface area contributed by atoms with Crippen LogP contribution in [0.15, 0.2) is 4.90 Å². The van der Waals surface area contributed by atoms with Crippen LogP contribution in [-0.4, -0.2) is 8.42 Å². The summed E-state index contributed by atoms with van der Waals surface area (Å²) < 4.78 is 28.1. The van der Waals surface area contributed by atoms with Crippen molar-refractivity contribution in [2.24, 2.45) is 0 Å². The maximum absolute atomic E-state index is 11.9. The topological polar surface area (TPSA) is 43.4 Å². The summed E-state index contributed by atoms with van der Waals surface area (Å²) in [5, 5.41) is -1.32. The first-order chi connectivity index (χ1) is 10.1. The highest BCUT2D eigenvalue weighted by Gasteiger charge is 2.30. The fraction of sp³-hybridized carbons (Fsp3) is 0. The molecule has 0 unspecified atom stereocenters. The summed E-state index contributed by atoms with van der Waals surface area (Å²) in [5.41, 5.74) is 0. The zero-order chi connectivity index (χ0) is 17.0. The van der Waals surface area contributed by atoms with E-state index in [0.29, 0.717) is 0 Å². The van der Waals surface area contributed by atoms with Crippen LogP contribution in [0.25, 0.3) is 10.8 Å². The fourth-order valence-corrected chi connectivity index (χ4v) is 5.07. The standard InChI is InChI=1S/C11H2Cl7O3S/c1-21-22(19,20)11-7(15)3-2(6(14)10(11)18)4(12)8(16)9(17)5(3)13/h1H2. The van der Waals surface area contributed by atoms with Crippen molar-refractivity contribution in [2.75, 3.05) is 0 Å². The molecular weight excluding hydrogens is 460 g/mol. The minimum atomic E-state index is -4.36. The normalized spacial score (nSPS) is 12.2. The molecule has 0 aliphatic heterocycles. The Morgan fingerprint density at radius 2 is 1.00 bits per heavy atom. The molecule has 0 heterocycles. The van der Waals surface area contributed by atoms with E-state index in [2.05, 4.69) is 11.3 Å². The summed E-state index contributed by atoms with van der Waals surface area (Å²) in [5.74, 6) is 0. The van der Waals surface area contributed by atoms with Gasteiger partial charge in [-0.1, -0.05) is 81.2 Å². The molecule has 0 N–H and O–H groups in total. The quantitative estimate of drug-likeness (QED) is 0.277. The minimum absolute atomic E-state index is 0.0206. The molecular formula is C11H2Cl7O3S. The molecule has 0 saturated carbocycles. The Kier molecular flexibility index (Phi) is 5.61. The SMILES string of the molecule is [CH2]OS(=O)(=O)c1c(Cl)c(Cl)c2c(Cl)c(Cl)c(Cl)c(Cl)c2c1Cl. The molecule has 2 aromatic rings.